The first-order chi connectivity index (χ1) is 9.99. The van der Waals surface area contributed by atoms with Crippen LogP contribution in [0.3, 0.4) is 0 Å². The molecule has 1 aliphatic heterocycles. The number of carbonyl (C=O) groups excluding carboxylic acids is 2. The van der Waals surface area contributed by atoms with Crippen LogP contribution in [0.1, 0.15) is 17.5 Å². The predicted octanol–water partition coefficient (Wildman–Crippen LogP) is 0.473. The van der Waals surface area contributed by atoms with Crippen LogP contribution < -0.4 is 10.1 Å². The Bertz CT molecular complexity index is 657. The Morgan fingerprint density at radius 2 is 2.24 bits per heavy atom. The van der Waals surface area contributed by atoms with E-state index in [1.807, 2.05) is 0 Å². The van der Waals surface area contributed by atoms with Crippen LogP contribution in [0.25, 0.3) is 0 Å². The van der Waals surface area contributed by atoms with Crippen LogP contribution in [-0.2, 0) is 21.5 Å². The first kappa shape index (κ1) is 13.4. The number of hydrogen-bond acceptors (Lipinski definition) is 4. The van der Waals surface area contributed by atoms with Gasteiger partial charge in [0.05, 0.1) is 7.11 Å². The second-order valence-electron chi connectivity index (χ2n) is 5.11. The van der Waals surface area contributed by atoms with E-state index in [4.69, 9.17) is 9.84 Å². The molecule has 3 amide bonds. The van der Waals surface area contributed by atoms with Crippen molar-refractivity contribution in [1.82, 2.24) is 10.2 Å². The van der Waals surface area contributed by atoms with Crippen LogP contribution in [0.5, 0.6) is 5.75 Å². The van der Waals surface area contributed by atoms with E-state index < -0.39 is 30.0 Å². The molecule has 1 unspecified atom stereocenters. The Morgan fingerprint density at radius 1 is 1.48 bits per heavy atom. The van der Waals surface area contributed by atoms with Crippen LogP contribution >= 0.6 is 0 Å². The zero-order valence-corrected chi connectivity index (χ0v) is 11.4. The molecule has 7 nitrogen and oxygen atoms in total. The number of methoxy groups -OCH3 is 1. The smallest absolute Gasteiger partial charge is 0.325 e. The molecule has 1 fully saturated rings. The lowest BCUT2D eigenvalue weighted by atomic mass is 9.91. The van der Waals surface area contributed by atoms with Crippen molar-refractivity contribution < 1.29 is 24.2 Å². The molecule has 0 aromatic heterocycles. The first-order valence-electron chi connectivity index (χ1n) is 6.52. The molecule has 110 valence electrons. The lowest BCUT2D eigenvalue weighted by molar-refractivity contribution is -0.142. The standard InChI is InChI=1S/C14H14N2O5/c1-21-10-4-2-3-9-8(10)5-6-14(9)12(19)16(7-11(17)18)13(20)15-14/h2-4H,5-7H2,1H3,(H,15,20)(H,17,18). The summed E-state index contributed by atoms with van der Waals surface area (Å²) in [6, 6.07) is 4.66. The van der Waals surface area contributed by atoms with E-state index in [1.54, 1.807) is 25.3 Å². The van der Waals surface area contributed by atoms with E-state index >= 15 is 0 Å². The molecule has 0 radical (unpaired) electrons. The van der Waals surface area contributed by atoms with E-state index in [1.165, 1.54) is 0 Å². The van der Waals surface area contributed by atoms with Gasteiger partial charge in [-0.15, -0.1) is 0 Å². The lowest BCUT2D eigenvalue weighted by Crippen LogP contribution is -2.42. The number of carboxylic acids is 1. The van der Waals surface area contributed by atoms with Crippen LogP contribution in [0.15, 0.2) is 18.2 Å². The normalized spacial score (nSPS) is 23.4. The second kappa shape index (κ2) is 4.47. The number of benzene rings is 1. The van der Waals surface area contributed by atoms with Crippen molar-refractivity contribution in [2.24, 2.45) is 0 Å². The van der Waals surface area contributed by atoms with Crippen LogP contribution in [0.4, 0.5) is 4.79 Å². The van der Waals surface area contributed by atoms with E-state index in [0.29, 0.717) is 24.2 Å². The number of aliphatic carboxylic acids is 1. The highest BCUT2D eigenvalue weighted by Gasteiger charge is 2.56. The Balaban J connectivity index is 2.05. The summed E-state index contributed by atoms with van der Waals surface area (Å²) < 4.78 is 5.28. The minimum atomic E-state index is -1.22. The van der Waals surface area contributed by atoms with Gasteiger partial charge >= 0.3 is 12.0 Å². The SMILES string of the molecule is COc1cccc2c1CCC21NC(=O)N(CC(=O)O)C1=O. The number of carboxylic acid groups (broad SMARTS) is 1. The van der Waals surface area contributed by atoms with Crippen LogP contribution in [0, 0.1) is 0 Å². The highest BCUT2D eigenvalue weighted by atomic mass is 16.5. The molecule has 1 aromatic rings. The van der Waals surface area contributed by atoms with Gasteiger partial charge in [-0.3, -0.25) is 14.5 Å². The molecule has 1 saturated heterocycles. The number of rotatable bonds is 3. The summed E-state index contributed by atoms with van der Waals surface area (Å²) in [6.07, 6.45) is 0.996. The van der Waals surface area contributed by atoms with Gasteiger partial charge in [0.15, 0.2) is 0 Å². The summed E-state index contributed by atoms with van der Waals surface area (Å²) in [4.78, 5) is 36.1. The minimum absolute atomic E-state index is 0.406. The van der Waals surface area contributed by atoms with Crippen LogP contribution in [-0.4, -0.2) is 41.6 Å². The summed E-state index contributed by atoms with van der Waals surface area (Å²) in [7, 11) is 1.55. The van der Waals surface area contributed by atoms with E-state index in [0.717, 1.165) is 10.5 Å². The zero-order chi connectivity index (χ0) is 15.2. The maximum absolute atomic E-state index is 12.6. The average Bonchev–Trinajstić information content (AvgIpc) is 2.93. The largest absolute Gasteiger partial charge is 0.496 e. The monoisotopic (exact) mass is 290 g/mol. The van der Waals surface area contributed by atoms with Crippen molar-refractivity contribution >= 4 is 17.9 Å². The van der Waals surface area contributed by atoms with Gasteiger partial charge in [0.25, 0.3) is 5.91 Å². The van der Waals surface area contributed by atoms with Crippen molar-refractivity contribution in [3.63, 3.8) is 0 Å². The average molecular weight is 290 g/mol. The number of ether oxygens (including phenoxy) is 1. The fourth-order valence-electron chi connectivity index (χ4n) is 3.12. The molecule has 1 spiro atoms. The number of nitrogens with zero attached hydrogens (tertiary/aromatic N) is 1. The van der Waals surface area contributed by atoms with Crippen LogP contribution in [0.2, 0.25) is 0 Å². The Kier molecular flexibility index (Phi) is 2.86. The van der Waals surface area contributed by atoms with Gasteiger partial charge in [0.1, 0.15) is 17.8 Å². The summed E-state index contributed by atoms with van der Waals surface area (Å²) in [5.41, 5.74) is 0.412. The molecule has 3 rings (SSSR count). The second-order valence-corrected chi connectivity index (χ2v) is 5.11. The fourth-order valence-corrected chi connectivity index (χ4v) is 3.12. The third-order valence-corrected chi connectivity index (χ3v) is 4.03. The Labute approximate surface area is 120 Å². The lowest BCUT2D eigenvalue weighted by Gasteiger charge is -2.22. The van der Waals surface area contributed by atoms with Crippen molar-refractivity contribution in [3.05, 3.63) is 29.3 Å². The van der Waals surface area contributed by atoms with Crippen molar-refractivity contribution in [2.45, 2.75) is 18.4 Å². The Hall–Kier alpha value is -2.57. The molecule has 1 aromatic carbocycles. The molecule has 2 aliphatic rings. The highest BCUT2D eigenvalue weighted by Crippen LogP contribution is 2.44. The third-order valence-electron chi connectivity index (χ3n) is 4.03. The number of imide groups is 1. The first-order valence-corrected chi connectivity index (χ1v) is 6.52. The fraction of sp³-hybridized carbons (Fsp3) is 0.357. The number of urea groups is 1. The maximum atomic E-state index is 12.6. The molecule has 0 saturated carbocycles. The van der Waals surface area contributed by atoms with Crippen molar-refractivity contribution in [3.8, 4) is 5.75 Å². The maximum Gasteiger partial charge on any atom is 0.325 e. The summed E-state index contributed by atoms with van der Waals surface area (Å²) in [6.45, 7) is -0.633. The quantitative estimate of drug-likeness (QED) is 0.789. The highest BCUT2D eigenvalue weighted by molar-refractivity contribution is 6.09. The van der Waals surface area contributed by atoms with Gasteiger partial charge in [0, 0.05) is 5.56 Å². The molecule has 0 bridgehead atoms. The Morgan fingerprint density at radius 3 is 2.90 bits per heavy atom. The summed E-state index contributed by atoms with van der Waals surface area (Å²) in [5.74, 6) is -1.07. The van der Waals surface area contributed by atoms with Crippen molar-refractivity contribution in [1.29, 1.82) is 0 Å². The summed E-state index contributed by atoms with van der Waals surface area (Å²) in [5, 5.41) is 11.5. The number of carbonyl (C=O) groups is 3. The molecule has 1 aliphatic carbocycles. The molecular weight excluding hydrogens is 276 g/mol. The summed E-state index contributed by atoms with van der Waals surface area (Å²) >= 11 is 0. The van der Waals surface area contributed by atoms with Gasteiger partial charge < -0.3 is 15.2 Å². The molecule has 1 atom stereocenters. The minimum Gasteiger partial charge on any atom is -0.496 e. The van der Waals surface area contributed by atoms with E-state index in [2.05, 4.69) is 5.32 Å². The van der Waals surface area contributed by atoms with Gasteiger partial charge in [-0.2, -0.15) is 0 Å². The number of nitrogens with one attached hydrogen (secondary N) is 1. The van der Waals surface area contributed by atoms with Gasteiger partial charge in [-0.25, -0.2) is 4.79 Å². The molecule has 2 N–H and O–H groups in total. The zero-order valence-electron chi connectivity index (χ0n) is 11.4. The predicted molar refractivity (Wildman–Crippen MR) is 70.9 cm³/mol. The molecule has 7 heteroatoms. The van der Waals surface area contributed by atoms with Gasteiger partial charge in [0.2, 0.25) is 0 Å². The third kappa shape index (κ3) is 1.77. The molecular formula is C14H14N2O5. The van der Waals surface area contributed by atoms with E-state index in [-0.39, 0.29) is 0 Å². The number of hydrogen-bond donors (Lipinski definition) is 2. The van der Waals surface area contributed by atoms with E-state index in [9.17, 15) is 14.4 Å². The molecule has 21 heavy (non-hydrogen) atoms. The number of amides is 3. The topological polar surface area (TPSA) is 95.9 Å². The number of fused-ring (bicyclic) bond motifs is 2. The van der Waals surface area contributed by atoms with Gasteiger partial charge in [-0.05, 0) is 24.5 Å². The van der Waals surface area contributed by atoms with Gasteiger partial charge in [-0.1, -0.05) is 12.1 Å². The molecule has 1 heterocycles. The van der Waals surface area contributed by atoms with Crippen molar-refractivity contribution in [2.75, 3.05) is 13.7 Å².